The van der Waals surface area contributed by atoms with E-state index in [0.29, 0.717) is 12.8 Å². The van der Waals surface area contributed by atoms with Gasteiger partial charge in [0.1, 0.15) is 0 Å². The maximum atomic E-state index is 12.4. The lowest BCUT2D eigenvalue weighted by molar-refractivity contribution is -0.128. The highest BCUT2D eigenvalue weighted by Crippen LogP contribution is 2.30. The van der Waals surface area contributed by atoms with Crippen LogP contribution < -0.4 is 11.1 Å². The number of hydrogen-bond donors (Lipinski definition) is 2. The predicted molar refractivity (Wildman–Crippen MR) is 86.4 cm³/mol. The lowest BCUT2D eigenvalue weighted by Gasteiger charge is -2.31. The van der Waals surface area contributed by atoms with Gasteiger partial charge in [0.25, 0.3) is 0 Å². The van der Waals surface area contributed by atoms with Crippen LogP contribution in [0.3, 0.4) is 0 Å². The molecule has 5 nitrogen and oxygen atoms in total. The van der Waals surface area contributed by atoms with Crippen LogP contribution in [0.25, 0.3) is 0 Å². The van der Waals surface area contributed by atoms with Gasteiger partial charge in [0, 0.05) is 12.3 Å². The normalized spacial score (nSPS) is 12.2. The molecule has 118 valence electrons. The van der Waals surface area contributed by atoms with Crippen LogP contribution in [0, 0.1) is 5.41 Å². The summed E-state index contributed by atoms with van der Waals surface area (Å²) in [6.07, 6.45) is 2.75. The Morgan fingerprint density at radius 1 is 1.20 bits per heavy atom. The molecule has 0 saturated carbocycles. The van der Waals surface area contributed by atoms with Crippen LogP contribution in [0.5, 0.6) is 0 Å². The molecule has 0 rings (SSSR count). The Labute approximate surface area is 127 Å². The zero-order valence-corrected chi connectivity index (χ0v) is 14.2. The molecule has 3 N–H and O–H groups in total. The summed E-state index contributed by atoms with van der Waals surface area (Å²) >= 11 is 5.08. The number of amides is 1. The van der Waals surface area contributed by atoms with E-state index in [4.69, 9.17) is 18.0 Å². The zero-order valence-electron chi connectivity index (χ0n) is 12.6. The number of carbonyl (C=O) groups excluding carboxylic acids is 1. The average molecular weight is 322 g/mol. The van der Waals surface area contributed by atoms with E-state index in [2.05, 4.69) is 5.32 Å². The molecule has 0 radical (unpaired) electrons. The largest absolute Gasteiger partial charge is 0.392 e. The van der Waals surface area contributed by atoms with Crippen LogP contribution in [-0.2, 0) is 14.6 Å². The van der Waals surface area contributed by atoms with Crippen LogP contribution in [-0.4, -0.2) is 37.4 Å². The Morgan fingerprint density at radius 2 is 1.70 bits per heavy atom. The van der Waals surface area contributed by atoms with E-state index in [9.17, 15) is 13.2 Å². The fourth-order valence-electron chi connectivity index (χ4n) is 2.20. The number of rotatable bonds is 10. The van der Waals surface area contributed by atoms with E-state index in [-0.39, 0.29) is 28.9 Å². The van der Waals surface area contributed by atoms with Crippen molar-refractivity contribution >= 4 is 33.0 Å². The molecule has 0 saturated heterocycles. The molecule has 0 aliphatic carbocycles. The third-order valence-corrected chi connectivity index (χ3v) is 5.49. The second-order valence-electron chi connectivity index (χ2n) is 4.94. The molecule has 0 aromatic rings. The minimum absolute atomic E-state index is 0.0547. The molecule has 20 heavy (non-hydrogen) atoms. The average Bonchev–Trinajstić information content (AvgIpc) is 2.37. The standard InChI is InChI=1S/C13H26N2O3S2/c1-4-7-13(8-5-2,11(14)19)12(16)15-9-10-20(17,18)6-3/h4-10H2,1-3H3,(H2,14,19)(H,15,16). The monoisotopic (exact) mass is 322 g/mol. The van der Waals surface area contributed by atoms with E-state index < -0.39 is 15.3 Å². The molecule has 0 aliphatic heterocycles. The van der Waals surface area contributed by atoms with Gasteiger partial charge in [-0.2, -0.15) is 0 Å². The minimum Gasteiger partial charge on any atom is -0.392 e. The minimum atomic E-state index is -3.08. The van der Waals surface area contributed by atoms with Crippen molar-refractivity contribution < 1.29 is 13.2 Å². The Kier molecular flexibility index (Phi) is 8.27. The highest BCUT2D eigenvalue weighted by molar-refractivity contribution is 7.91. The van der Waals surface area contributed by atoms with E-state index in [1.54, 1.807) is 6.92 Å². The number of thiocarbonyl (C=S) groups is 1. The molecular weight excluding hydrogens is 296 g/mol. The molecule has 0 atom stereocenters. The molecule has 0 aromatic heterocycles. The second kappa shape index (κ2) is 8.56. The number of hydrogen-bond acceptors (Lipinski definition) is 4. The predicted octanol–water partition coefficient (Wildman–Crippen LogP) is 1.41. The highest BCUT2D eigenvalue weighted by Gasteiger charge is 2.39. The first-order chi connectivity index (χ1) is 9.25. The molecule has 0 fully saturated rings. The van der Waals surface area contributed by atoms with Crippen molar-refractivity contribution in [2.45, 2.75) is 46.5 Å². The van der Waals surface area contributed by atoms with Crippen molar-refractivity contribution in [3.8, 4) is 0 Å². The number of nitrogens with one attached hydrogen (secondary N) is 1. The summed E-state index contributed by atoms with van der Waals surface area (Å²) in [4.78, 5) is 12.6. The molecule has 0 aromatic carbocycles. The van der Waals surface area contributed by atoms with Gasteiger partial charge in [0.05, 0.1) is 16.2 Å². The Morgan fingerprint density at radius 3 is 2.05 bits per heavy atom. The van der Waals surface area contributed by atoms with Crippen LogP contribution in [0.15, 0.2) is 0 Å². The van der Waals surface area contributed by atoms with E-state index in [0.717, 1.165) is 12.8 Å². The van der Waals surface area contributed by atoms with Crippen molar-refractivity contribution in [2.24, 2.45) is 11.1 Å². The first-order valence-electron chi connectivity index (χ1n) is 7.04. The first-order valence-corrected chi connectivity index (χ1v) is 9.27. The summed E-state index contributed by atoms with van der Waals surface area (Å²) in [5.41, 5.74) is 4.93. The molecule has 0 aliphatic rings. The maximum Gasteiger partial charge on any atom is 0.233 e. The first kappa shape index (κ1) is 19.3. The molecule has 0 spiro atoms. The summed E-state index contributed by atoms with van der Waals surface area (Å²) in [6, 6.07) is 0. The van der Waals surface area contributed by atoms with Crippen LogP contribution in [0.4, 0.5) is 0 Å². The maximum absolute atomic E-state index is 12.4. The van der Waals surface area contributed by atoms with Gasteiger partial charge < -0.3 is 11.1 Å². The Balaban J connectivity index is 4.84. The molecular formula is C13H26N2O3S2. The molecule has 0 heterocycles. The van der Waals surface area contributed by atoms with Crippen molar-refractivity contribution in [3.05, 3.63) is 0 Å². The van der Waals surface area contributed by atoms with Crippen LogP contribution in [0.2, 0.25) is 0 Å². The smallest absolute Gasteiger partial charge is 0.233 e. The second-order valence-corrected chi connectivity index (χ2v) is 7.85. The topological polar surface area (TPSA) is 89.3 Å². The summed E-state index contributed by atoms with van der Waals surface area (Å²) in [7, 11) is -3.08. The Bertz CT molecular complexity index is 427. The lowest BCUT2D eigenvalue weighted by atomic mass is 9.78. The summed E-state index contributed by atoms with van der Waals surface area (Å²) in [6.45, 7) is 5.63. The number of nitrogens with two attached hydrogens (primary N) is 1. The number of carbonyl (C=O) groups is 1. The Hall–Kier alpha value is -0.690. The van der Waals surface area contributed by atoms with Crippen molar-refractivity contribution in [1.82, 2.24) is 5.32 Å². The van der Waals surface area contributed by atoms with Gasteiger partial charge in [-0.05, 0) is 12.8 Å². The van der Waals surface area contributed by atoms with Crippen molar-refractivity contribution in [2.75, 3.05) is 18.1 Å². The van der Waals surface area contributed by atoms with Crippen LogP contribution in [0.1, 0.15) is 46.5 Å². The van der Waals surface area contributed by atoms with Gasteiger partial charge in [0.15, 0.2) is 9.84 Å². The van der Waals surface area contributed by atoms with E-state index >= 15 is 0 Å². The summed E-state index contributed by atoms with van der Waals surface area (Å²) < 4.78 is 22.8. The van der Waals surface area contributed by atoms with Gasteiger partial charge in [-0.3, -0.25) is 4.79 Å². The van der Waals surface area contributed by atoms with E-state index in [1.165, 1.54) is 0 Å². The molecule has 7 heteroatoms. The van der Waals surface area contributed by atoms with Crippen LogP contribution >= 0.6 is 12.2 Å². The van der Waals surface area contributed by atoms with Gasteiger partial charge in [-0.1, -0.05) is 45.8 Å². The van der Waals surface area contributed by atoms with Gasteiger partial charge in [0.2, 0.25) is 5.91 Å². The third-order valence-electron chi connectivity index (χ3n) is 3.40. The summed E-state index contributed by atoms with van der Waals surface area (Å²) in [5, 5.41) is 2.68. The fourth-order valence-corrected chi connectivity index (χ4v) is 3.20. The summed E-state index contributed by atoms with van der Waals surface area (Å²) in [5.74, 6) is -0.228. The van der Waals surface area contributed by atoms with Gasteiger partial charge >= 0.3 is 0 Å². The molecule has 0 unspecified atom stereocenters. The fraction of sp³-hybridized carbons (Fsp3) is 0.846. The van der Waals surface area contributed by atoms with Gasteiger partial charge in [-0.15, -0.1) is 0 Å². The van der Waals surface area contributed by atoms with Gasteiger partial charge in [-0.25, -0.2) is 8.42 Å². The highest BCUT2D eigenvalue weighted by atomic mass is 32.2. The SMILES string of the molecule is CCCC(CCC)(C(=O)NCCS(=O)(=O)CC)C(N)=S. The van der Waals surface area contributed by atoms with E-state index in [1.807, 2.05) is 13.8 Å². The van der Waals surface area contributed by atoms with Crippen molar-refractivity contribution in [3.63, 3.8) is 0 Å². The lowest BCUT2D eigenvalue weighted by Crippen LogP contribution is -2.49. The molecule has 0 bridgehead atoms. The number of sulfone groups is 1. The zero-order chi connectivity index (χ0) is 15.8. The molecule has 1 amide bonds. The third kappa shape index (κ3) is 5.36. The quantitative estimate of drug-likeness (QED) is 0.594. The van der Waals surface area contributed by atoms with Crippen molar-refractivity contribution in [1.29, 1.82) is 0 Å².